The van der Waals surface area contributed by atoms with E-state index in [1.807, 2.05) is 54.0 Å². The maximum atomic E-state index is 12.8. The third kappa shape index (κ3) is 3.28. The lowest BCUT2D eigenvalue weighted by molar-refractivity contribution is -0.143. The topological polar surface area (TPSA) is 140 Å². The summed E-state index contributed by atoms with van der Waals surface area (Å²) in [6.07, 6.45) is 5.54. The van der Waals surface area contributed by atoms with Crippen LogP contribution in [0, 0.1) is 5.92 Å². The summed E-state index contributed by atoms with van der Waals surface area (Å²) in [6.45, 7) is 0.710. The van der Waals surface area contributed by atoms with Gasteiger partial charge in [0.25, 0.3) is 0 Å². The highest BCUT2D eigenvalue weighted by Gasteiger charge is 2.38. The standard InChI is InChI=1S/C23H23N9O3/c1-29-10-13(9-26-29)19-28-18-20(30(19)2)24-12-25-21(18)31-8-7-16(14(11-31)22(33)34)32-17-6-4-3-5-15(17)27-23(32)35/h3-6,9-10,12,14,16H,7-8,11H2,1-2H3,(H,27,35)(H,33,34)/t14-,16-/m1/s1. The number of aromatic amines is 1. The second kappa shape index (κ2) is 7.79. The number of hydrogen-bond acceptors (Lipinski definition) is 7. The Morgan fingerprint density at radius 3 is 2.80 bits per heavy atom. The van der Waals surface area contributed by atoms with Crippen molar-refractivity contribution in [3.63, 3.8) is 0 Å². The predicted octanol–water partition coefficient (Wildman–Crippen LogP) is 1.56. The predicted molar refractivity (Wildman–Crippen MR) is 128 cm³/mol. The van der Waals surface area contributed by atoms with E-state index in [9.17, 15) is 14.7 Å². The van der Waals surface area contributed by atoms with Gasteiger partial charge in [-0.2, -0.15) is 5.10 Å². The van der Waals surface area contributed by atoms with Gasteiger partial charge in [-0.3, -0.25) is 14.0 Å². The number of carboxylic acid groups (broad SMARTS) is 1. The number of imidazole rings is 2. The molecule has 2 atom stereocenters. The molecule has 1 fully saturated rings. The number of aryl methyl sites for hydroxylation is 2. The van der Waals surface area contributed by atoms with Gasteiger partial charge in [0.15, 0.2) is 17.0 Å². The van der Waals surface area contributed by atoms with Crippen LogP contribution in [-0.2, 0) is 18.9 Å². The van der Waals surface area contributed by atoms with Gasteiger partial charge in [0.05, 0.1) is 34.8 Å². The molecule has 0 radical (unpaired) electrons. The molecule has 5 aromatic rings. The lowest BCUT2D eigenvalue weighted by Gasteiger charge is -2.37. The van der Waals surface area contributed by atoms with Gasteiger partial charge in [-0.15, -0.1) is 0 Å². The van der Waals surface area contributed by atoms with Crippen LogP contribution in [0.4, 0.5) is 5.82 Å². The average Bonchev–Trinajstić information content (AvgIpc) is 3.53. The minimum atomic E-state index is -0.959. The number of benzene rings is 1. The molecular formula is C23H23N9O3. The molecule has 0 bridgehead atoms. The SMILES string of the molecule is Cn1cc(-c2nc3c(N4CC[C@@H](n5c(=O)[nH]c6ccccc65)[C@H](C(=O)O)C4)ncnc3n2C)cn1. The molecule has 1 aromatic carbocycles. The van der Waals surface area contributed by atoms with Gasteiger partial charge in [-0.05, 0) is 18.6 Å². The molecule has 2 N–H and O–H groups in total. The van der Waals surface area contributed by atoms with Gasteiger partial charge in [0.1, 0.15) is 12.2 Å². The van der Waals surface area contributed by atoms with Crippen LogP contribution in [0.1, 0.15) is 12.5 Å². The van der Waals surface area contributed by atoms with Crippen LogP contribution >= 0.6 is 0 Å². The molecule has 12 nitrogen and oxygen atoms in total. The van der Waals surface area contributed by atoms with Crippen molar-refractivity contribution in [3.05, 3.63) is 53.5 Å². The number of carboxylic acids is 1. The van der Waals surface area contributed by atoms with Crippen LogP contribution in [0.5, 0.6) is 0 Å². The zero-order chi connectivity index (χ0) is 24.3. The summed E-state index contributed by atoms with van der Waals surface area (Å²) >= 11 is 0. The summed E-state index contributed by atoms with van der Waals surface area (Å²) in [6, 6.07) is 6.85. The van der Waals surface area contributed by atoms with Crippen molar-refractivity contribution in [3.8, 4) is 11.4 Å². The molecule has 4 aromatic heterocycles. The van der Waals surface area contributed by atoms with Crippen LogP contribution in [0.25, 0.3) is 33.6 Å². The summed E-state index contributed by atoms with van der Waals surface area (Å²) < 4.78 is 5.17. The molecule has 0 unspecified atom stereocenters. The Labute approximate surface area is 198 Å². The number of carbonyl (C=O) groups is 1. The van der Waals surface area contributed by atoms with Crippen molar-refractivity contribution in [2.75, 3.05) is 18.0 Å². The second-order valence-corrected chi connectivity index (χ2v) is 8.83. The molecule has 1 aliphatic rings. The van der Waals surface area contributed by atoms with Crippen molar-refractivity contribution in [2.45, 2.75) is 12.5 Å². The number of nitrogens with one attached hydrogen (secondary N) is 1. The first-order valence-electron chi connectivity index (χ1n) is 11.3. The van der Waals surface area contributed by atoms with Gasteiger partial charge in [-0.1, -0.05) is 12.1 Å². The molecule has 6 rings (SSSR count). The van der Waals surface area contributed by atoms with Gasteiger partial charge < -0.3 is 19.6 Å². The molecule has 1 saturated heterocycles. The van der Waals surface area contributed by atoms with Gasteiger partial charge in [0.2, 0.25) is 0 Å². The Balaban J connectivity index is 1.39. The molecule has 0 spiro atoms. The summed E-state index contributed by atoms with van der Waals surface area (Å²) in [5.41, 5.74) is 3.19. The number of H-pyrrole nitrogens is 1. The number of para-hydroxylation sites is 2. The van der Waals surface area contributed by atoms with Crippen molar-refractivity contribution < 1.29 is 9.90 Å². The maximum Gasteiger partial charge on any atom is 0.326 e. The second-order valence-electron chi connectivity index (χ2n) is 8.83. The monoisotopic (exact) mass is 473 g/mol. The Bertz CT molecular complexity index is 1640. The van der Waals surface area contributed by atoms with Crippen molar-refractivity contribution in [1.29, 1.82) is 0 Å². The minimum absolute atomic E-state index is 0.191. The van der Waals surface area contributed by atoms with E-state index in [2.05, 4.69) is 20.1 Å². The van der Waals surface area contributed by atoms with Crippen LogP contribution in [0.15, 0.2) is 47.8 Å². The Morgan fingerprint density at radius 2 is 2.03 bits per heavy atom. The van der Waals surface area contributed by atoms with Gasteiger partial charge >= 0.3 is 11.7 Å². The van der Waals surface area contributed by atoms with E-state index < -0.39 is 17.9 Å². The van der Waals surface area contributed by atoms with E-state index in [4.69, 9.17) is 4.98 Å². The lowest BCUT2D eigenvalue weighted by Crippen LogP contribution is -2.46. The van der Waals surface area contributed by atoms with E-state index in [1.54, 1.807) is 15.4 Å². The summed E-state index contributed by atoms with van der Waals surface area (Å²) in [5, 5.41) is 14.4. The number of aliphatic carboxylic acids is 1. The summed E-state index contributed by atoms with van der Waals surface area (Å²) in [7, 11) is 3.72. The summed E-state index contributed by atoms with van der Waals surface area (Å²) in [5.74, 6) is -0.493. The van der Waals surface area contributed by atoms with E-state index in [1.165, 1.54) is 6.33 Å². The third-order valence-electron chi connectivity index (χ3n) is 6.75. The fourth-order valence-corrected chi connectivity index (χ4v) is 5.10. The number of anilines is 1. The fraction of sp³-hybridized carbons (Fsp3) is 0.304. The molecule has 178 valence electrons. The number of aromatic nitrogens is 8. The quantitative estimate of drug-likeness (QED) is 0.401. The number of nitrogens with zero attached hydrogens (tertiary/aromatic N) is 8. The zero-order valence-electron chi connectivity index (χ0n) is 19.2. The molecule has 0 saturated carbocycles. The van der Waals surface area contributed by atoms with E-state index >= 15 is 0 Å². The third-order valence-corrected chi connectivity index (χ3v) is 6.75. The first-order valence-corrected chi connectivity index (χ1v) is 11.3. The molecule has 5 heterocycles. The van der Waals surface area contributed by atoms with Crippen LogP contribution in [-0.4, -0.2) is 63.0 Å². The minimum Gasteiger partial charge on any atom is -0.481 e. The molecular weight excluding hydrogens is 450 g/mol. The molecule has 12 heteroatoms. The molecule has 1 aliphatic heterocycles. The molecule has 0 amide bonds. The summed E-state index contributed by atoms with van der Waals surface area (Å²) in [4.78, 5) is 43.6. The van der Waals surface area contributed by atoms with Crippen molar-refractivity contribution in [1.82, 2.24) is 38.9 Å². The van der Waals surface area contributed by atoms with Crippen molar-refractivity contribution in [2.24, 2.45) is 20.0 Å². The lowest BCUT2D eigenvalue weighted by atomic mass is 9.91. The first kappa shape index (κ1) is 21.1. The highest BCUT2D eigenvalue weighted by Crippen LogP contribution is 2.34. The molecule has 35 heavy (non-hydrogen) atoms. The van der Waals surface area contributed by atoms with Crippen LogP contribution in [0.2, 0.25) is 0 Å². The Hall–Kier alpha value is -4.48. The van der Waals surface area contributed by atoms with Gasteiger partial charge in [-0.25, -0.2) is 19.7 Å². The number of fused-ring (bicyclic) bond motifs is 2. The fourth-order valence-electron chi connectivity index (χ4n) is 5.10. The number of rotatable bonds is 4. The first-order chi connectivity index (χ1) is 16.9. The smallest absolute Gasteiger partial charge is 0.326 e. The van der Waals surface area contributed by atoms with E-state index in [-0.39, 0.29) is 12.2 Å². The van der Waals surface area contributed by atoms with Crippen LogP contribution < -0.4 is 10.6 Å². The highest BCUT2D eigenvalue weighted by molar-refractivity contribution is 5.87. The average molecular weight is 473 g/mol. The maximum absolute atomic E-state index is 12.8. The van der Waals surface area contributed by atoms with E-state index in [0.29, 0.717) is 46.8 Å². The van der Waals surface area contributed by atoms with E-state index in [0.717, 1.165) is 5.56 Å². The highest BCUT2D eigenvalue weighted by atomic mass is 16.4. The zero-order valence-corrected chi connectivity index (χ0v) is 19.2. The number of piperidine rings is 1. The number of hydrogen-bond donors (Lipinski definition) is 2. The normalized spacial score (nSPS) is 18.5. The molecule has 0 aliphatic carbocycles. The Kier molecular flexibility index (Phi) is 4.69. The Morgan fingerprint density at radius 1 is 1.20 bits per heavy atom. The van der Waals surface area contributed by atoms with Crippen molar-refractivity contribution >= 4 is 34.0 Å². The van der Waals surface area contributed by atoms with Gasteiger partial charge in [0, 0.05) is 33.4 Å². The largest absolute Gasteiger partial charge is 0.481 e. The van der Waals surface area contributed by atoms with Crippen LogP contribution in [0.3, 0.4) is 0 Å².